The van der Waals surface area contributed by atoms with E-state index in [0.717, 1.165) is 71.7 Å². The van der Waals surface area contributed by atoms with Crippen molar-refractivity contribution in [1.82, 2.24) is 9.13 Å². The van der Waals surface area contributed by atoms with E-state index in [1.54, 1.807) is 0 Å². The zero-order chi connectivity index (χ0) is 34.7. The van der Waals surface area contributed by atoms with Gasteiger partial charge in [0.15, 0.2) is 0 Å². The Morgan fingerprint density at radius 2 is 1.14 bits per heavy atom. The topological polar surface area (TPSA) is 81.2 Å². The summed E-state index contributed by atoms with van der Waals surface area (Å²) in [6, 6.07) is 52.4. The quantitative estimate of drug-likeness (QED) is 0.190. The summed E-state index contributed by atoms with van der Waals surface area (Å²) in [6.07, 6.45) is 6.29. The van der Waals surface area contributed by atoms with E-state index in [0.29, 0.717) is 11.1 Å². The van der Waals surface area contributed by atoms with Crippen LogP contribution in [0.5, 0.6) is 0 Å². The number of nitriles is 3. The molecule has 5 nitrogen and oxygen atoms in total. The maximum absolute atomic E-state index is 11.1. The molecule has 5 heteroatoms. The lowest BCUT2D eigenvalue weighted by molar-refractivity contribution is 0.509. The van der Waals surface area contributed by atoms with Crippen LogP contribution in [0.4, 0.5) is 0 Å². The minimum absolute atomic E-state index is 0.545. The molecule has 0 bridgehead atoms. The summed E-state index contributed by atoms with van der Waals surface area (Å²) >= 11 is 0. The number of nitrogens with zero attached hydrogens (tertiary/aromatic N) is 5. The van der Waals surface area contributed by atoms with Gasteiger partial charge in [0.1, 0.15) is 0 Å². The van der Waals surface area contributed by atoms with Crippen molar-refractivity contribution in [2.45, 2.75) is 12.3 Å². The van der Waals surface area contributed by atoms with Gasteiger partial charge in [-0.15, -0.1) is 0 Å². The molecule has 6 aromatic carbocycles. The van der Waals surface area contributed by atoms with Gasteiger partial charge in [0, 0.05) is 38.2 Å². The lowest BCUT2D eigenvalue weighted by atomic mass is 9.66. The van der Waals surface area contributed by atoms with Gasteiger partial charge < -0.3 is 9.13 Å². The number of para-hydroxylation sites is 3. The summed E-state index contributed by atoms with van der Waals surface area (Å²) < 4.78 is 4.46. The highest BCUT2D eigenvalue weighted by molar-refractivity contribution is 6.11. The summed E-state index contributed by atoms with van der Waals surface area (Å²) in [7, 11) is 0. The first-order chi connectivity index (χ1) is 25.1. The molecule has 0 fully saturated rings. The Morgan fingerprint density at radius 3 is 1.90 bits per heavy atom. The van der Waals surface area contributed by atoms with Crippen molar-refractivity contribution in [3.8, 4) is 35.0 Å². The summed E-state index contributed by atoms with van der Waals surface area (Å²) in [6.45, 7) is 2.16. The first kappa shape index (κ1) is 30.0. The second-order valence-corrected chi connectivity index (χ2v) is 13.3. The van der Waals surface area contributed by atoms with Crippen LogP contribution in [0, 0.1) is 39.9 Å². The van der Waals surface area contributed by atoms with Crippen LogP contribution < -0.4 is 0 Å². The van der Waals surface area contributed by atoms with Crippen molar-refractivity contribution in [2.24, 2.45) is 5.92 Å². The van der Waals surface area contributed by atoms with E-state index in [-0.39, 0.29) is 0 Å². The fourth-order valence-corrected chi connectivity index (χ4v) is 8.20. The number of allylic oxidation sites excluding steroid dienone is 4. The Balaban J connectivity index is 1.26. The van der Waals surface area contributed by atoms with Crippen LogP contribution in [0.3, 0.4) is 0 Å². The van der Waals surface area contributed by atoms with Crippen LogP contribution in [0.2, 0.25) is 0 Å². The molecule has 1 aliphatic carbocycles. The molecule has 0 aliphatic heterocycles. The Bertz CT molecular complexity index is 2930. The minimum atomic E-state index is -0.707. The normalized spacial score (nSPS) is 17.0. The third-order valence-corrected chi connectivity index (χ3v) is 10.5. The van der Waals surface area contributed by atoms with Gasteiger partial charge in [-0.3, -0.25) is 0 Å². The number of aromatic nitrogens is 2. The van der Waals surface area contributed by atoms with E-state index in [1.807, 2.05) is 48.5 Å². The van der Waals surface area contributed by atoms with Crippen LogP contribution in [0.15, 0.2) is 152 Å². The predicted octanol–water partition coefficient (Wildman–Crippen LogP) is 10.8. The average molecular weight is 652 g/mol. The van der Waals surface area contributed by atoms with Gasteiger partial charge in [-0.1, -0.05) is 104 Å². The highest BCUT2D eigenvalue weighted by atomic mass is 15.0. The van der Waals surface area contributed by atoms with Gasteiger partial charge >= 0.3 is 0 Å². The van der Waals surface area contributed by atoms with Gasteiger partial charge in [0.25, 0.3) is 0 Å². The Hall–Kier alpha value is -7.13. The van der Waals surface area contributed by atoms with Crippen LogP contribution >= 0.6 is 0 Å². The minimum Gasteiger partial charge on any atom is -0.312 e. The zero-order valence-electron chi connectivity index (χ0n) is 27.7. The lowest BCUT2D eigenvalue weighted by Gasteiger charge is -2.37. The average Bonchev–Trinajstić information content (AvgIpc) is 3.69. The Kier molecular flexibility index (Phi) is 6.75. The van der Waals surface area contributed by atoms with Crippen molar-refractivity contribution >= 4 is 49.3 Å². The maximum atomic E-state index is 11.1. The zero-order valence-corrected chi connectivity index (χ0v) is 27.7. The standard InChI is InChI=1S/C46H29N5/c1-46(24-10-19-44(39(46)29-49)50-42-18-9-5-14-35(42)37-25-30(27-47)21-23-43(37)50)38-15-6-2-11-32(38)33-12-3-7-16-40(33)51-41-17-8-4-13-34(41)36-22-20-31(28-48)26-45(36)51/h2-26,39H,1H3. The molecule has 0 saturated heterocycles. The Labute approximate surface area is 295 Å². The molecule has 2 atom stereocenters. The fraction of sp³-hybridized carbons (Fsp3) is 0.0652. The second-order valence-electron chi connectivity index (χ2n) is 13.3. The van der Waals surface area contributed by atoms with Crippen molar-refractivity contribution in [2.75, 3.05) is 0 Å². The van der Waals surface area contributed by atoms with Gasteiger partial charge in [0.05, 0.1) is 63.0 Å². The molecule has 0 amide bonds. The monoisotopic (exact) mass is 651 g/mol. The number of benzene rings is 6. The van der Waals surface area contributed by atoms with Crippen molar-refractivity contribution < 1.29 is 0 Å². The predicted molar refractivity (Wildman–Crippen MR) is 205 cm³/mol. The van der Waals surface area contributed by atoms with Gasteiger partial charge in [0.2, 0.25) is 0 Å². The molecule has 2 heterocycles. The van der Waals surface area contributed by atoms with E-state index >= 15 is 0 Å². The highest BCUT2D eigenvalue weighted by Gasteiger charge is 2.41. The van der Waals surface area contributed by atoms with E-state index in [4.69, 9.17) is 0 Å². The molecular formula is C46H29N5. The molecule has 0 N–H and O–H groups in total. The number of rotatable bonds is 4. The van der Waals surface area contributed by atoms with Gasteiger partial charge in [-0.2, -0.15) is 15.8 Å². The van der Waals surface area contributed by atoms with Crippen molar-refractivity contribution in [1.29, 1.82) is 15.8 Å². The van der Waals surface area contributed by atoms with E-state index in [2.05, 4.69) is 137 Å². The number of hydrogen-bond donors (Lipinski definition) is 0. The molecule has 0 radical (unpaired) electrons. The lowest BCUT2D eigenvalue weighted by Crippen LogP contribution is -2.34. The third-order valence-electron chi connectivity index (χ3n) is 10.5. The fourth-order valence-electron chi connectivity index (χ4n) is 8.20. The van der Waals surface area contributed by atoms with Crippen LogP contribution in [0.1, 0.15) is 23.6 Å². The molecule has 1 aliphatic rings. The molecule has 9 rings (SSSR count). The highest BCUT2D eigenvalue weighted by Crippen LogP contribution is 2.48. The van der Waals surface area contributed by atoms with Crippen molar-refractivity contribution in [3.63, 3.8) is 0 Å². The summed E-state index contributed by atoms with van der Waals surface area (Å²) in [5, 5.41) is 34.9. The van der Waals surface area contributed by atoms with Crippen molar-refractivity contribution in [3.05, 3.63) is 168 Å². The first-order valence-electron chi connectivity index (χ1n) is 16.9. The van der Waals surface area contributed by atoms with Crippen LogP contribution in [-0.4, -0.2) is 9.13 Å². The molecule has 0 spiro atoms. The first-order valence-corrected chi connectivity index (χ1v) is 16.9. The summed E-state index contributed by atoms with van der Waals surface area (Å²) in [5.41, 5.74) is 9.46. The third kappa shape index (κ3) is 4.38. The molecule has 8 aromatic rings. The molecule has 238 valence electrons. The van der Waals surface area contributed by atoms with Gasteiger partial charge in [-0.05, 0) is 65.7 Å². The van der Waals surface area contributed by atoms with E-state index in [1.165, 1.54) is 0 Å². The molecule has 0 saturated carbocycles. The van der Waals surface area contributed by atoms with E-state index in [9.17, 15) is 15.8 Å². The largest absolute Gasteiger partial charge is 0.312 e. The molecule has 2 unspecified atom stereocenters. The van der Waals surface area contributed by atoms with E-state index < -0.39 is 11.3 Å². The van der Waals surface area contributed by atoms with Crippen LogP contribution in [-0.2, 0) is 5.41 Å². The molecule has 51 heavy (non-hydrogen) atoms. The second kappa shape index (κ2) is 11.5. The Morgan fingerprint density at radius 1 is 0.549 bits per heavy atom. The SMILES string of the molecule is CC1(c2ccccc2-c2ccccc2-n2c3ccccc3c3ccc(C#N)cc32)C=CC=C(n2c3ccccc3c3cc(C#N)ccc32)C1C#N. The van der Waals surface area contributed by atoms with Crippen LogP contribution in [0.25, 0.3) is 66.1 Å². The summed E-state index contributed by atoms with van der Waals surface area (Å²) in [5.74, 6) is -0.545. The summed E-state index contributed by atoms with van der Waals surface area (Å²) in [4.78, 5) is 0. The number of hydrogen-bond acceptors (Lipinski definition) is 3. The number of fused-ring (bicyclic) bond motifs is 6. The maximum Gasteiger partial charge on any atom is 0.0996 e. The molecule has 2 aromatic heterocycles. The smallest absolute Gasteiger partial charge is 0.0996 e. The molecular weight excluding hydrogens is 623 g/mol. The van der Waals surface area contributed by atoms with Gasteiger partial charge in [-0.25, -0.2) is 0 Å².